The second kappa shape index (κ2) is 28.3. The number of rotatable bonds is 27. The maximum atomic E-state index is 12.3. The number of aromatic nitrogens is 2. The molecular weight excluding hydrogens is 703 g/mol. The van der Waals surface area contributed by atoms with E-state index in [2.05, 4.69) is 89.1 Å². The van der Waals surface area contributed by atoms with Gasteiger partial charge in [-0.3, -0.25) is 19.1 Å². The van der Waals surface area contributed by atoms with Gasteiger partial charge in [0.2, 0.25) is 5.91 Å². The molecule has 54 heavy (non-hydrogen) atoms. The molecule has 0 aliphatic carbocycles. The lowest BCUT2D eigenvalue weighted by Gasteiger charge is -2.21. The molecule has 3 N–H and O–H groups in total. The van der Waals surface area contributed by atoms with E-state index in [0.29, 0.717) is 51.3 Å². The van der Waals surface area contributed by atoms with Crippen molar-refractivity contribution in [1.29, 1.82) is 0 Å². The van der Waals surface area contributed by atoms with Crippen LogP contribution in [0.5, 0.6) is 5.75 Å². The highest BCUT2D eigenvalue weighted by atomic mass is 31.2. The number of nitrogens with one attached hydrogen (secondary N) is 3. The van der Waals surface area contributed by atoms with Crippen molar-refractivity contribution >= 4 is 14.4 Å². The van der Waals surface area contributed by atoms with Crippen molar-refractivity contribution in [2.24, 2.45) is 5.92 Å². The smallest absolute Gasteiger partial charge is 0.330 e. The second-order valence-corrected chi connectivity index (χ2v) is 13.9. The van der Waals surface area contributed by atoms with E-state index < -0.39 is 26.0 Å². The first-order valence-corrected chi connectivity index (χ1v) is 20.2. The number of carbonyl (C=O) groups excluding carboxylic acids is 1. The minimum atomic E-state index is -1.52. The van der Waals surface area contributed by atoms with Gasteiger partial charge in [-0.25, -0.2) is 9.88 Å². The number of ether oxygens (including phenoxy) is 2. The van der Waals surface area contributed by atoms with Crippen molar-refractivity contribution < 1.29 is 23.3 Å². The summed E-state index contributed by atoms with van der Waals surface area (Å²) >= 11 is 0. The third-order valence-electron chi connectivity index (χ3n) is 8.08. The Hall–Kier alpha value is -4.12. The Morgan fingerprint density at radius 3 is 2.11 bits per heavy atom. The summed E-state index contributed by atoms with van der Waals surface area (Å²) in [5, 5.41) is 6.18. The Morgan fingerprint density at radius 2 is 1.48 bits per heavy atom. The van der Waals surface area contributed by atoms with E-state index in [9.17, 15) is 14.4 Å². The van der Waals surface area contributed by atoms with Gasteiger partial charge < -0.3 is 23.8 Å². The molecule has 0 bridgehead atoms. The standard InChI is InChI=1S/C42H59N4O7P/c1-3-4-5-6-7-8-9-10-11-12-13-14-15-16-17-18-19-20-24-27-39(47)43-29-32-50-33-30-44-54(53-37-25-22-21-23-26-37)51-35-38-34-36(2)41(52-38)46-31-28-40(48)45-42(46)49/h4-5,7-8,10-11,13-14,16-17,19-23,25-26,28,31,36,38,41,44H,3,6,9,12,15,18,24,27,29-30,32-35H2,1-2H3,(H,43,47)(H,45,48,49)/b5-4-,8-7-,11-10-,14-13-,17-16-,20-19-. The second-order valence-electron chi connectivity index (χ2n) is 12.7. The molecule has 1 amide bonds. The number of para-hydroxylation sites is 1. The number of carbonyl (C=O) groups is 1. The number of allylic oxidation sites excluding steroid dienone is 12. The van der Waals surface area contributed by atoms with Gasteiger partial charge in [0.1, 0.15) is 12.0 Å². The van der Waals surface area contributed by atoms with Crippen LogP contribution in [-0.4, -0.2) is 54.5 Å². The molecule has 2 heterocycles. The van der Waals surface area contributed by atoms with Gasteiger partial charge in [0.15, 0.2) is 0 Å². The summed E-state index contributed by atoms with van der Waals surface area (Å²) in [7, 11) is -1.52. The summed E-state index contributed by atoms with van der Waals surface area (Å²) in [6.45, 7) is 6.12. The average molecular weight is 763 g/mol. The average Bonchev–Trinajstić information content (AvgIpc) is 3.54. The van der Waals surface area contributed by atoms with E-state index in [1.165, 1.54) is 16.8 Å². The van der Waals surface area contributed by atoms with Crippen molar-refractivity contribution in [2.75, 3.05) is 32.9 Å². The zero-order valence-corrected chi connectivity index (χ0v) is 32.7. The van der Waals surface area contributed by atoms with Gasteiger partial charge in [-0.1, -0.05) is 105 Å². The molecule has 0 radical (unpaired) electrons. The van der Waals surface area contributed by atoms with Gasteiger partial charge in [0, 0.05) is 37.7 Å². The van der Waals surface area contributed by atoms with E-state index in [-0.39, 0.29) is 24.5 Å². The molecule has 0 saturated carbocycles. The van der Waals surface area contributed by atoms with Crippen LogP contribution in [0.1, 0.15) is 77.9 Å². The molecule has 3 rings (SSSR count). The number of nitrogens with zero attached hydrogens (tertiary/aromatic N) is 1. The summed E-state index contributed by atoms with van der Waals surface area (Å²) in [6, 6.07) is 10.7. The molecule has 4 unspecified atom stereocenters. The van der Waals surface area contributed by atoms with Crippen LogP contribution in [0.25, 0.3) is 0 Å². The zero-order valence-electron chi connectivity index (χ0n) is 31.9. The fourth-order valence-corrected chi connectivity index (χ4v) is 6.44. The predicted molar refractivity (Wildman–Crippen MR) is 218 cm³/mol. The van der Waals surface area contributed by atoms with Crippen molar-refractivity contribution in [1.82, 2.24) is 20.0 Å². The fraction of sp³-hybridized carbons (Fsp3) is 0.452. The zero-order chi connectivity index (χ0) is 38.5. The Kier molecular flexibility index (Phi) is 23.2. The normalized spacial score (nSPS) is 18.4. The molecule has 0 spiro atoms. The SMILES string of the molecule is CC/C=C\C/C=C\C/C=C\C/C=C\C/C=C\C/C=C\CCC(=O)NCCOCCNP(OCC1CC(C)C(n2ccc(=O)[nH]c2=O)O1)Oc1ccccc1. The van der Waals surface area contributed by atoms with E-state index >= 15 is 0 Å². The predicted octanol–water partition coefficient (Wildman–Crippen LogP) is 7.98. The van der Waals surface area contributed by atoms with Crippen molar-refractivity contribution in [3.63, 3.8) is 0 Å². The van der Waals surface area contributed by atoms with Gasteiger partial charge >= 0.3 is 14.2 Å². The minimum Gasteiger partial charge on any atom is -0.436 e. The molecule has 2 aromatic rings. The molecule has 11 nitrogen and oxygen atoms in total. The highest BCUT2D eigenvalue weighted by Crippen LogP contribution is 2.38. The van der Waals surface area contributed by atoms with Crippen LogP contribution in [0, 0.1) is 5.92 Å². The number of hydrogen-bond acceptors (Lipinski definition) is 8. The highest BCUT2D eigenvalue weighted by Gasteiger charge is 2.35. The Bertz CT molecular complexity index is 1620. The summed E-state index contributed by atoms with van der Waals surface area (Å²) in [5.41, 5.74) is -0.948. The number of amides is 1. The Morgan fingerprint density at radius 1 is 0.870 bits per heavy atom. The van der Waals surface area contributed by atoms with E-state index in [0.717, 1.165) is 38.5 Å². The molecule has 4 atom stereocenters. The molecule has 1 aliphatic rings. The fourth-order valence-electron chi connectivity index (χ4n) is 5.34. The monoisotopic (exact) mass is 762 g/mol. The third-order valence-corrected chi connectivity index (χ3v) is 9.32. The van der Waals surface area contributed by atoms with Crippen LogP contribution < -0.4 is 26.2 Å². The van der Waals surface area contributed by atoms with E-state index in [1.807, 2.05) is 43.3 Å². The van der Waals surface area contributed by atoms with Crippen molar-refractivity contribution in [3.8, 4) is 5.75 Å². The van der Waals surface area contributed by atoms with Crippen LogP contribution >= 0.6 is 8.53 Å². The van der Waals surface area contributed by atoms with Crippen LogP contribution in [-0.2, 0) is 18.8 Å². The Labute approximate surface area is 321 Å². The van der Waals surface area contributed by atoms with E-state index in [1.54, 1.807) is 0 Å². The Balaban J connectivity index is 1.21. The van der Waals surface area contributed by atoms with E-state index in [4.69, 9.17) is 18.5 Å². The van der Waals surface area contributed by atoms with Crippen LogP contribution in [0.4, 0.5) is 0 Å². The lowest BCUT2D eigenvalue weighted by Crippen LogP contribution is -2.33. The molecule has 1 fully saturated rings. The number of benzene rings is 1. The quantitative estimate of drug-likeness (QED) is 0.0474. The molecule has 1 aliphatic heterocycles. The summed E-state index contributed by atoms with van der Waals surface area (Å²) in [5.74, 6) is 0.713. The number of H-pyrrole nitrogens is 1. The topological polar surface area (TPSA) is 133 Å². The third kappa shape index (κ3) is 19.8. The summed E-state index contributed by atoms with van der Waals surface area (Å²) < 4.78 is 25.4. The van der Waals surface area contributed by atoms with Gasteiger partial charge in [-0.15, -0.1) is 0 Å². The molecule has 12 heteroatoms. The molecule has 294 valence electrons. The summed E-state index contributed by atoms with van der Waals surface area (Å²) in [4.78, 5) is 38.2. The lowest BCUT2D eigenvalue weighted by atomic mass is 10.1. The van der Waals surface area contributed by atoms with Crippen molar-refractivity contribution in [3.05, 3.63) is 136 Å². The number of hydrogen-bond donors (Lipinski definition) is 3. The largest absolute Gasteiger partial charge is 0.436 e. The minimum absolute atomic E-state index is 0.000511. The highest BCUT2D eigenvalue weighted by molar-refractivity contribution is 7.45. The van der Waals surface area contributed by atoms with Gasteiger partial charge in [0.05, 0.1) is 25.9 Å². The van der Waals surface area contributed by atoms with Crippen LogP contribution in [0.3, 0.4) is 0 Å². The first kappa shape index (κ1) is 44.3. The van der Waals surface area contributed by atoms with Crippen LogP contribution in [0.2, 0.25) is 0 Å². The molecule has 1 aromatic heterocycles. The van der Waals surface area contributed by atoms with Crippen LogP contribution in [0.15, 0.2) is 125 Å². The first-order valence-electron chi connectivity index (χ1n) is 19.1. The van der Waals surface area contributed by atoms with Gasteiger partial charge in [0.25, 0.3) is 5.56 Å². The maximum Gasteiger partial charge on any atom is 0.330 e. The molecule has 1 aromatic carbocycles. The molecular formula is C42H59N4O7P. The molecule has 1 saturated heterocycles. The number of aromatic amines is 1. The lowest BCUT2D eigenvalue weighted by molar-refractivity contribution is -0.121. The van der Waals surface area contributed by atoms with Crippen molar-refractivity contribution in [2.45, 2.75) is 84.0 Å². The first-order chi connectivity index (χ1) is 26.5. The van der Waals surface area contributed by atoms with Gasteiger partial charge in [-0.05, 0) is 63.5 Å². The summed E-state index contributed by atoms with van der Waals surface area (Å²) in [6.07, 6.45) is 34.4. The van der Waals surface area contributed by atoms with Gasteiger partial charge in [-0.2, -0.15) is 0 Å². The maximum absolute atomic E-state index is 12.3.